The molecule has 0 aliphatic heterocycles. The number of ketones is 1. The molecule has 0 N–H and O–H groups in total. The molecule has 98 valence electrons. The third kappa shape index (κ3) is 3.41. The fourth-order valence-corrected chi connectivity index (χ4v) is 2.16. The zero-order chi connectivity index (χ0) is 14.0. The van der Waals surface area contributed by atoms with Crippen LogP contribution in [0.1, 0.15) is 17.3 Å². The summed E-state index contributed by atoms with van der Waals surface area (Å²) in [5.41, 5.74) is 0.440. The number of rotatable bonds is 3. The summed E-state index contributed by atoms with van der Waals surface area (Å²) in [5.74, 6) is 0.664. The molecule has 0 heterocycles. The van der Waals surface area contributed by atoms with Crippen LogP contribution in [0.3, 0.4) is 0 Å². The number of Topliss-reactive ketones (excluding diaryl/α,β-unsaturated/α-hetero) is 1. The van der Waals surface area contributed by atoms with Gasteiger partial charge in [-0.2, -0.15) is 0 Å². The van der Waals surface area contributed by atoms with E-state index in [4.69, 9.17) is 39.5 Å². The Morgan fingerprint density at radius 1 is 0.947 bits per heavy atom. The predicted octanol–water partition coefficient (Wildman–Crippen LogP) is 5.64. The van der Waals surface area contributed by atoms with Crippen molar-refractivity contribution in [1.29, 1.82) is 0 Å². The van der Waals surface area contributed by atoms with Crippen LogP contribution >= 0.6 is 34.8 Å². The normalized spacial score (nSPS) is 10.3. The Hall–Kier alpha value is -1.22. The highest BCUT2D eigenvalue weighted by atomic mass is 35.5. The van der Waals surface area contributed by atoms with Gasteiger partial charge in [0.1, 0.15) is 11.5 Å². The lowest BCUT2D eigenvalue weighted by atomic mass is 10.1. The van der Waals surface area contributed by atoms with Gasteiger partial charge in [-0.05, 0) is 37.3 Å². The maximum absolute atomic E-state index is 11.5. The van der Waals surface area contributed by atoms with Crippen LogP contribution in [0.2, 0.25) is 15.1 Å². The van der Waals surface area contributed by atoms with Gasteiger partial charge in [0.05, 0.1) is 10.6 Å². The number of benzene rings is 2. The van der Waals surface area contributed by atoms with Crippen molar-refractivity contribution in [2.24, 2.45) is 0 Å². The minimum atomic E-state index is -0.114. The fourth-order valence-electron chi connectivity index (χ4n) is 1.55. The van der Waals surface area contributed by atoms with E-state index in [-0.39, 0.29) is 5.78 Å². The average Bonchev–Trinajstić information content (AvgIpc) is 2.32. The monoisotopic (exact) mass is 314 g/mol. The first-order valence-corrected chi connectivity index (χ1v) is 6.54. The zero-order valence-corrected chi connectivity index (χ0v) is 12.2. The first-order chi connectivity index (χ1) is 8.97. The van der Waals surface area contributed by atoms with Crippen molar-refractivity contribution >= 4 is 40.6 Å². The number of carbonyl (C=O) groups is 1. The van der Waals surface area contributed by atoms with Crippen LogP contribution in [0.15, 0.2) is 36.4 Å². The van der Waals surface area contributed by atoms with Crippen molar-refractivity contribution in [2.45, 2.75) is 6.92 Å². The smallest absolute Gasteiger partial charge is 0.163 e. The number of halogens is 3. The number of carbonyl (C=O) groups excluding carboxylic acids is 1. The summed E-state index contributed by atoms with van der Waals surface area (Å²) in [6.45, 7) is 1.46. The van der Waals surface area contributed by atoms with E-state index in [0.29, 0.717) is 32.1 Å². The lowest BCUT2D eigenvalue weighted by Crippen LogP contribution is -1.97. The summed E-state index contributed by atoms with van der Waals surface area (Å²) >= 11 is 17.7. The molecule has 0 amide bonds. The second-order valence-corrected chi connectivity index (χ2v) is 5.15. The van der Waals surface area contributed by atoms with E-state index in [2.05, 4.69) is 0 Å². The van der Waals surface area contributed by atoms with Gasteiger partial charge in [0, 0.05) is 16.1 Å². The number of hydrogen-bond acceptors (Lipinski definition) is 2. The second-order valence-electron chi connectivity index (χ2n) is 3.87. The molecule has 0 atom stereocenters. The molecule has 0 aromatic heterocycles. The molecule has 0 fully saturated rings. The van der Waals surface area contributed by atoms with E-state index in [9.17, 15) is 4.79 Å². The van der Waals surface area contributed by atoms with Crippen LogP contribution in [0, 0.1) is 0 Å². The van der Waals surface area contributed by atoms with Crippen LogP contribution in [-0.4, -0.2) is 5.78 Å². The van der Waals surface area contributed by atoms with Crippen molar-refractivity contribution in [3.63, 3.8) is 0 Å². The molecule has 0 aliphatic carbocycles. The van der Waals surface area contributed by atoms with Crippen LogP contribution in [-0.2, 0) is 0 Å². The van der Waals surface area contributed by atoms with Crippen molar-refractivity contribution < 1.29 is 9.53 Å². The minimum Gasteiger partial charge on any atom is -0.455 e. The molecule has 2 aromatic rings. The number of hydrogen-bond donors (Lipinski definition) is 0. The highest BCUT2D eigenvalue weighted by Crippen LogP contribution is 2.34. The standard InChI is InChI=1S/C14H9Cl3O2/c1-8(18)11-4-2-10(16)7-14(11)19-13-5-3-9(15)6-12(13)17/h2-7H,1H3. The third-order valence-corrected chi connectivity index (χ3v) is 3.20. The molecule has 0 radical (unpaired) electrons. The second kappa shape index (κ2) is 5.83. The Morgan fingerprint density at radius 3 is 2.21 bits per heavy atom. The molecule has 5 heteroatoms. The molecule has 0 saturated heterocycles. The van der Waals surface area contributed by atoms with Crippen LogP contribution in [0.5, 0.6) is 11.5 Å². The molecule has 0 aliphatic rings. The van der Waals surface area contributed by atoms with Gasteiger partial charge >= 0.3 is 0 Å². The SMILES string of the molecule is CC(=O)c1ccc(Cl)cc1Oc1ccc(Cl)cc1Cl. The highest BCUT2D eigenvalue weighted by molar-refractivity contribution is 6.35. The Morgan fingerprint density at radius 2 is 1.58 bits per heavy atom. The van der Waals surface area contributed by atoms with Gasteiger partial charge < -0.3 is 4.74 Å². The first-order valence-electron chi connectivity index (χ1n) is 5.41. The summed E-state index contributed by atoms with van der Waals surface area (Å²) < 4.78 is 5.64. The van der Waals surface area contributed by atoms with E-state index in [1.54, 1.807) is 36.4 Å². The Kier molecular flexibility index (Phi) is 4.35. The van der Waals surface area contributed by atoms with E-state index in [0.717, 1.165) is 0 Å². The lowest BCUT2D eigenvalue weighted by molar-refractivity contribution is 0.101. The molecule has 2 nitrogen and oxygen atoms in total. The maximum atomic E-state index is 11.5. The van der Waals surface area contributed by atoms with Crippen molar-refractivity contribution in [3.8, 4) is 11.5 Å². The molecule has 0 bridgehead atoms. The molecule has 19 heavy (non-hydrogen) atoms. The topological polar surface area (TPSA) is 26.3 Å². The summed E-state index contributed by atoms with van der Waals surface area (Å²) in [5, 5.41) is 1.35. The summed E-state index contributed by atoms with van der Waals surface area (Å²) in [6.07, 6.45) is 0. The van der Waals surface area contributed by atoms with E-state index < -0.39 is 0 Å². The molecule has 0 spiro atoms. The molecule has 0 saturated carbocycles. The summed E-state index contributed by atoms with van der Waals surface area (Å²) in [6, 6.07) is 9.67. The summed E-state index contributed by atoms with van der Waals surface area (Å²) in [7, 11) is 0. The molecular formula is C14H9Cl3O2. The Bertz CT molecular complexity index is 639. The van der Waals surface area contributed by atoms with Gasteiger partial charge in [-0.3, -0.25) is 4.79 Å². The van der Waals surface area contributed by atoms with E-state index >= 15 is 0 Å². The molecular weight excluding hydrogens is 307 g/mol. The third-order valence-electron chi connectivity index (χ3n) is 2.44. The molecule has 2 rings (SSSR count). The van der Waals surface area contributed by atoms with Crippen LogP contribution < -0.4 is 4.74 Å². The van der Waals surface area contributed by atoms with Crippen LogP contribution in [0.25, 0.3) is 0 Å². The zero-order valence-electron chi connectivity index (χ0n) is 9.91. The summed E-state index contributed by atoms with van der Waals surface area (Å²) in [4.78, 5) is 11.5. The van der Waals surface area contributed by atoms with E-state index in [1.807, 2.05) is 0 Å². The Labute approximate surface area is 125 Å². The van der Waals surface area contributed by atoms with Gasteiger partial charge in [-0.1, -0.05) is 34.8 Å². The van der Waals surface area contributed by atoms with Crippen molar-refractivity contribution in [2.75, 3.05) is 0 Å². The number of ether oxygens (including phenoxy) is 1. The van der Waals surface area contributed by atoms with Crippen molar-refractivity contribution in [3.05, 3.63) is 57.0 Å². The minimum absolute atomic E-state index is 0.114. The highest BCUT2D eigenvalue weighted by Gasteiger charge is 2.12. The van der Waals surface area contributed by atoms with Crippen LogP contribution in [0.4, 0.5) is 0 Å². The van der Waals surface area contributed by atoms with Gasteiger partial charge in [-0.15, -0.1) is 0 Å². The largest absolute Gasteiger partial charge is 0.455 e. The fraction of sp³-hybridized carbons (Fsp3) is 0.0714. The van der Waals surface area contributed by atoms with Gasteiger partial charge in [0.2, 0.25) is 0 Å². The van der Waals surface area contributed by atoms with E-state index in [1.165, 1.54) is 6.92 Å². The quantitative estimate of drug-likeness (QED) is 0.685. The first kappa shape index (κ1) is 14.2. The molecule has 2 aromatic carbocycles. The van der Waals surface area contributed by atoms with Gasteiger partial charge in [-0.25, -0.2) is 0 Å². The lowest BCUT2D eigenvalue weighted by Gasteiger charge is -2.11. The average molecular weight is 316 g/mol. The molecule has 0 unspecified atom stereocenters. The predicted molar refractivity (Wildman–Crippen MR) is 78.0 cm³/mol. The Balaban J connectivity index is 2.42. The van der Waals surface area contributed by atoms with Gasteiger partial charge in [0.15, 0.2) is 5.78 Å². The van der Waals surface area contributed by atoms with Crippen molar-refractivity contribution in [1.82, 2.24) is 0 Å². The maximum Gasteiger partial charge on any atom is 0.163 e. The van der Waals surface area contributed by atoms with Gasteiger partial charge in [0.25, 0.3) is 0 Å².